The molecule has 0 unspecified atom stereocenters. The van der Waals surface area contributed by atoms with Gasteiger partial charge >= 0.3 is 0 Å². The van der Waals surface area contributed by atoms with Gasteiger partial charge in [-0.25, -0.2) is 18.1 Å². The van der Waals surface area contributed by atoms with Crippen molar-refractivity contribution in [1.82, 2.24) is 15.4 Å². The molecule has 2 aromatic carbocycles. The van der Waals surface area contributed by atoms with Gasteiger partial charge in [0.1, 0.15) is 5.75 Å². The second-order valence-corrected chi connectivity index (χ2v) is 8.36. The number of non-ortho nitro benzene ring substituents is 1. The summed E-state index contributed by atoms with van der Waals surface area (Å²) in [4.78, 5) is 14.6. The van der Waals surface area contributed by atoms with E-state index in [1.54, 1.807) is 7.11 Å². The second-order valence-electron chi connectivity index (χ2n) is 6.59. The van der Waals surface area contributed by atoms with Crippen molar-refractivity contribution in [3.05, 3.63) is 63.7 Å². The number of methoxy groups -OCH3 is 1. The fourth-order valence-electron chi connectivity index (χ4n) is 2.70. The Morgan fingerprint density at radius 3 is 2.61 bits per heavy atom. The van der Waals surface area contributed by atoms with Crippen LogP contribution in [0.2, 0.25) is 0 Å². The summed E-state index contributed by atoms with van der Waals surface area (Å²) in [6.45, 7) is 5.27. The van der Waals surface area contributed by atoms with Crippen LogP contribution < -0.4 is 20.1 Å². The highest BCUT2D eigenvalue weighted by atomic mass is 32.2. The van der Waals surface area contributed by atoms with Gasteiger partial charge in [0.2, 0.25) is 10.0 Å². The molecule has 0 heterocycles. The molecule has 3 N–H and O–H groups in total. The molecule has 0 aromatic heterocycles. The van der Waals surface area contributed by atoms with Gasteiger partial charge in [0.15, 0.2) is 5.96 Å². The minimum atomic E-state index is -3.87. The first-order valence-electron chi connectivity index (χ1n) is 9.66. The number of guanidine groups is 1. The van der Waals surface area contributed by atoms with E-state index < -0.39 is 14.9 Å². The molecule has 31 heavy (non-hydrogen) atoms. The van der Waals surface area contributed by atoms with E-state index in [1.165, 1.54) is 18.2 Å². The van der Waals surface area contributed by atoms with Crippen LogP contribution in [0.15, 0.2) is 52.4 Å². The van der Waals surface area contributed by atoms with Crippen molar-refractivity contribution in [1.29, 1.82) is 0 Å². The third-order valence-corrected chi connectivity index (χ3v) is 5.70. The molecule has 0 bridgehead atoms. The molecule has 0 saturated carbocycles. The van der Waals surface area contributed by atoms with Crippen LogP contribution in [0, 0.1) is 17.0 Å². The van der Waals surface area contributed by atoms with Crippen LogP contribution in [0.1, 0.15) is 18.1 Å². The van der Waals surface area contributed by atoms with E-state index >= 15 is 0 Å². The van der Waals surface area contributed by atoms with Crippen LogP contribution in [0.4, 0.5) is 5.69 Å². The van der Waals surface area contributed by atoms with Gasteiger partial charge in [-0.1, -0.05) is 18.2 Å². The van der Waals surface area contributed by atoms with Crippen molar-refractivity contribution < 1.29 is 18.1 Å². The molecule has 2 rings (SSSR count). The van der Waals surface area contributed by atoms with E-state index in [0.717, 1.165) is 22.9 Å². The Balaban J connectivity index is 1.96. The Labute approximate surface area is 181 Å². The number of aliphatic imine (C=N–C) groups is 1. The molecule has 0 fully saturated rings. The van der Waals surface area contributed by atoms with Gasteiger partial charge in [0, 0.05) is 37.3 Å². The molecule has 0 aliphatic rings. The zero-order chi connectivity index (χ0) is 22.9. The number of nitro groups is 1. The maximum absolute atomic E-state index is 12.4. The number of hydrogen-bond acceptors (Lipinski definition) is 6. The average molecular weight is 450 g/mol. The highest BCUT2D eigenvalue weighted by Gasteiger charge is 2.17. The molecule has 10 nitrogen and oxygen atoms in total. The monoisotopic (exact) mass is 449 g/mol. The van der Waals surface area contributed by atoms with E-state index in [9.17, 15) is 18.5 Å². The fourth-order valence-corrected chi connectivity index (χ4v) is 3.77. The lowest BCUT2D eigenvalue weighted by Gasteiger charge is -2.13. The van der Waals surface area contributed by atoms with Crippen LogP contribution in [-0.4, -0.2) is 46.0 Å². The van der Waals surface area contributed by atoms with Gasteiger partial charge in [-0.3, -0.25) is 10.1 Å². The van der Waals surface area contributed by atoms with Gasteiger partial charge in [0.25, 0.3) is 5.69 Å². The van der Waals surface area contributed by atoms with Crippen molar-refractivity contribution in [3.8, 4) is 5.75 Å². The smallest absolute Gasteiger partial charge is 0.270 e. The molecule has 0 amide bonds. The van der Waals surface area contributed by atoms with E-state index in [-0.39, 0.29) is 23.7 Å². The first-order valence-corrected chi connectivity index (χ1v) is 11.1. The highest BCUT2D eigenvalue weighted by Crippen LogP contribution is 2.20. The van der Waals surface area contributed by atoms with Gasteiger partial charge in [0.05, 0.1) is 23.5 Å². The number of nitro benzene ring substituents is 1. The summed E-state index contributed by atoms with van der Waals surface area (Å²) in [5, 5.41) is 17.0. The summed E-state index contributed by atoms with van der Waals surface area (Å²) in [7, 11) is -2.26. The minimum absolute atomic E-state index is 0.0727. The van der Waals surface area contributed by atoms with Gasteiger partial charge in [-0.2, -0.15) is 0 Å². The normalized spacial score (nSPS) is 11.8. The maximum atomic E-state index is 12.4. The van der Waals surface area contributed by atoms with E-state index in [4.69, 9.17) is 4.74 Å². The van der Waals surface area contributed by atoms with Crippen molar-refractivity contribution in [3.63, 3.8) is 0 Å². The van der Waals surface area contributed by atoms with E-state index in [0.29, 0.717) is 19.0 Å². The summed E-state index contributed by atoms with van der Waals surface area (Å²) >= 11 is 0. The topological polar surface area (TPSA) is 135 Å². The van der Waals surface area contributed by atoms with Crippen LogP contribution in [0.5, 0.6) is 5.75 Å². The number of rotatable bonds is 10. The lowest BCUT2D eigenvalue weighted by Crippen LogP contribution is -2.41. The third-order valence-electron chi connectivity index (χ3n) is 4.24. The molecule has 0 saturated heterocycles. The average Bonchev–Trinajstić information content (AvgIpc) is 2.75. The second kappa shape index (κ2) is 11.3. The number of aryl methyl sites for hydroxylation is 1. The van der Waals surface area contributed by atoms with E-state index in [2.05, 4.69) is 20.3 Å². The SMILES string of the molecule is CCNC(=NCc1ccc(C)cc1OC)NCCNS(=O)(=O)c1cccc([N+](=O)[O-])c1. The lowest BCUT2D eigenvalue weighted by molar-refractivity contribution is -0.385. The molecule has 0 radical (unpaired) electrons. The van der Waals surface area contributed by atoms with Crippen molar-refractivity contribution in [2.24, 2.45) is 4.99 Å². The Morgan fingerprint density at radius 2 is 1.94 bits per heavy atom. The Bertz CT molecular complexity index is 1040. The molecule has 0 spiro atoms. The standard InChI is InChI=1S/C20H27N5O5S/c1-4-21-20(23-14-16-9-8-15(2)12-19(16)30-3)22-10-11-24-31(28,29)18-7-5-6-17(13-18)25(26)27/h5-9,12-13,24H,4,10-11,14H2,1-3H3,(H2,21,22,23). The number of hydrogen-bond donors (Lipinski definition) is 3. The fraction of sp³-hybridized carbons (Fsp3) is 0.350. The zero-order valence-corrected chi connectivity index (χ0v) is 18.5. The van der Waals surface area contributed by atoms with Crippen molar-refractivity contribution in [2.45, 2.75) is 25.3 Å². The lowest BCUT2D eigenvalue weighted by atomic mass is 10.1. The maximum Gasteiger partial charge on any atom is 0.270 e. The Hall–Kier alpha value is -3.18. The number of benzene rings is 2. The van der Waals surface area contributed by atoms with Crippen LogP contribution >= 0.6 is 0 Å². The van der Waals surface area contributed by atoms with Crippen molar-refractivity contribution >= 4 is 21.7 Å². The van der Waals surface area contributed by atoms with Gasteiger partial charge in [-0.05, 0) is 31.5 Å². The first kappa shape index (κ1) is 24.1. The Kier molecular flexibility index (Phi) is 8.76. The summed E-state index contributed by atoms with van der Waals surface area (Å²) in [5.74, 6) is 1.28. The summed E-state index contributed by atoms with van der Waals surface area (Å²) in [5.41, 5.74) is 1.73. The molecule has 168 valence electrons. The molecule has 0 aliphatic carbocycles. The van der Waals surface area contributed by atoms with Crippen molar-refractivity contribution in [2.75, 3.05) is 26.7 Å². The third kappa shape index (κ3) is 7.23. The largest absolute Gasteiger partial charge is 0.496 e. The van der Waals surface area contributed by atoms with E-state index in [1.807, 2.05) is 32.0 Å². The highest BCUT2D eigenvalue weighted by molar-refractivity contribution is 7.89. The molecule has 0 aliphatic heterocycles. The van der Waals surface area contributed by atoms with Crippen LogP contribution in [0.3, 0.4) is 0 Å². The van der Waals surface area contributed by atoms with Crippen LogP contribution in [-0.2, 0) is 16.6 Å². The number of nitrogens with zero attached hydrogens (tertiary/aromatic N) is 2. The molecular weight excluding hydrogens is 422 g/mol. The van der Waals surface area contributed by atoms with Gasteiger partial charge < -0.3 is 15.4 Å². The molecule has 0 atom stereocenters. The predicted octanol–water partition coefficient (Wildman–Crippen LogP) is 1.95. The summed E-state index contributed by atoms with van der Waals surface area (Å²) in [6.07, 6.45) is 0. The first-order chi connectivity index (χ1) is 14.8. The number of sulfonamides is 1. The Morgan fingerprint density at radius 1 is 1.16 bits per heavy atom. The minimum Gasteiger partial charge on any atom is -0.496 e. The predicted molar refractivity (Wildman–Crippen MR) is 119 cm³/mol. The van der Waals surface area contributed by atoms with Crippen LogP contribution in [0.25, 0.3) is 0 Å². The zero-order valence-electron chi connectivity index (χ0n) is 17.7. The quantitative estimate of drug-likeness (QED) is 0.166. The number of ether oxygens (including phenoxy) is 1. The number of nitrogens with one attached hydrogen (secondary N) is 3. The summed E-state index contributed by atoms with van der Waals surface area (Å²) < 4.78 is 32.5. The summed E-state index contributed by atoms with van der Waals surface area (Å²) in [6, 6.07) is 10.8. The van der Waals surface area contributed by atoms with Gasteiger partial charge in [-0.15, -0.1) is 0 Å². The molecule has 11 heteroatoms. The molecule has 2 aromatic rings. The molecular formula is C20H27N5O5S.